The molecule has 0 spiro atoms. The molecule has 0 aromatic heterocycles. The van der Waals surface area contributed by atoms with Crippen molar-refractivity contribution in [3.8, 4) is 0 Å². The Balaban J connectivity index is 4.87. The lowest BCUT2D eigenvalue weighted by molar-refractivity contribution is -0.151. The van der Waals surface area contributed by atoms with E-state index in [1.54, 1.807) is 0 Å². The van der Waals surface area contributed by atoms with Crippen molar-refractivity contribution in [1.29, 1.82) is 0 Å². The van der Waals surface area contributed by atoms with Gasteiger partial charge < -0.3 is 20.3 Å². The van der Waals surface area contributed by atoms with E-state index >= 15 is 0 Å². The molecule has 0 radical (unpaired) electrons. The summed E-state index contributed by atoms with van der Waals surface area (Å²) in [6, 6.07) is -0.742. The molecule has 0 aromatic carbocycles. The normalized spacial score (nSPS) is 14.4. The minimum atomic E-state index is -0.822. The molecule has 6 nitrogen and oxygen atoms in total. The fraction of sp³-hybridized carbons (Fsp3) is 0.593. The van der Waals surface area contributed by atoms with E-state index in [9.17, 15) is 19.8 Å². The third-order valence-corrected chi connectivity index (χ3v) is 9.91. The predicted molar refractivity (Wildman–Crippen MR) is 259 cm³/mol. The Morgan fingerprint density at radius 3 is 1.52 bits per heavy atom. The summed E-state index contributed by atoms with van der Waals surface area (Å²) in [5.74, 6) is -0.634. The van der Waals surface area contributed by atoms with Gasteiger partial charge in [-0.1, -0.05) is 213 Å². The number of esters is 1. The summed E-state index contributed by atoms with van der Waals surface area (Å²) < 4.78 is 5.84. The summed E-state index contributed by atoms with van der Waals surface area (Å²) in [4.78, 5) is 26.0. The lowest BCUT2D eigenvalue weighted by Gasteiger charge is -2.24. The van der Waals surface area contributed by atoms with E-state index in [0.29, 0.717) is 19.3 Å². The van der Waals surface area contributed by atoms with Crippen molar-refractivity contribution in [2.75, 3.05) is 6.61 Å². The molecule has 0 fully saturated rings. The highest BCUT2D eigenvalue weighted by Crippen LogP contribution is 2.16. The Hall–Kier alpha value is -3.74. The van der Waals surface area contributed by atoms with Crippen molar-refractivity contribution in [3.05, 3.63) is 122 Å². The van der Waals surface area contributed by atoms with Crippen molar-refractivity contribution < 1.29 is 24.5 Å². The number of amides is 1. The quantitative estimate of drug-likeness (QED) is 0.0247. The van der Waals surface area contributed by atoms with Crippen LogP contribution in [-0.4, -0.2) is 46.9 Å². The minimum absolute atomic E-state index is 0.00136. The molecule has 1 amide bonds. The molecule has 0 bridgehead atoms. The summed E-state index contributed by atoms with van der Waals surface area (Å²) in [6.45, 7) is 6.16. The number of aliphatic hydroxyl groups is 2. The molecule has 3 N–H and O–H groups in total. The van der Waals surface area contributed by atoms with Crippen molar-refractivity contribution in [3.63, 3.8) is 0 Å². The van der Waals surface area contributed by atoms with Crippen LogP contribution in [0.15, 0.2) is 122 Å². The highest BCUT2D eigenvalue weighted by molar-refractivity contribution is 5.77. The van der Waals surface area contributed by atoms with Gasteiger partial charge in [0.25, 0.3) is 0 Å². The zero-order valence-electron chi connectivity index (χ0n) is 38.3. The van der Waals surface area contributed by atoms with E-state index in [0.717, 1.165) is 77.0 Å². The fourth-order valence-corrected chi connectivity index (χ4v) is 6.37. The van der Waals surface area contributed by atoms with Crippen LogP contribution in [0.2, 0.25) is 0 Å². The standard InChI is InChI=1S/C54H87NO5/c1-4-7-10-13-16-19-22-24-25-26-27-29-31-33-36-39-42-45-50(60-54(59)47-44-41-38-35-32-28-23-20-17-14-11-8-5-2)48-53(58)55-51(49-56)52(57)46-43-40-37-34-30-21-18-15-12-9-6-3/h7-8,10-11,14,16-17,19-20,23-25,27-29,32-33,35-36,38,50-52,56-57H,4-6,9,12-13,15,18,21-22,26,30-31,34,37,39-49H2,1-3H3,(H,55,58)/b10-7-,11-8+,17-14+,19-16-,23-20-,25-24-,29-27-,32-28-,36-33-,38-35+. The van der Waals surface area contributed by atoms with E-state index in [1.165, 1.54) is 51.4 Å². The van der Waals surface area contributed by atoms with Crippen molar-refractivity contribution in [1.82, 2.24) is 5.32 Å². The molecule has 0 saturated carbocycles. The number of ether oxygens (including phenoxy) is 1. The number of hydrogen-bond acceptors (Lipinski definition) is 5. The van der Waals surface area contributed by atoms with Gasteiger partial charge in [0.05, 0.1) is 25.2 Å². The first-order valence-electron chi connectivity index (χ1n) is 23.8. The number of rotatable bonds is 40. The molecule has 6 heteroatoms. The van der Waals surface area contributed by atoms with Gasteiger partial charge in [-0.05, 0) is 77.0 Å². The van der Waals surface area contributed by atoms with E-state index in [4.69, 9.17) is 4.74 Å². The maximum absolute atomic E-state index is 13.2. The molecule has 0 aliphatic heterocycles. The third kappa shape index (κ3) is 41.0. The first-order valence-corrected chi connectivity index (χ1v) is 23.8. The van der Waals surface area contributed by atoms with Gasteiger partial charge in [-0.15, -0.1) is 0 Å². The van der Waals surface area contributed by atoms with Gasteiger partial charge >= 0.3 is 5.97 Å². The van der Waals surface area contributed by atoms with Crippen molar-refractivity contribution in [2.45, 2.75) is 200 Å². The Kier molecular flexibility index (Phi) is 43.4. The lowest BCUT2D eigenvalue weighted by atomic mass is 10.0. The molecule has 0 rings (SSSR count). The van der Waals surface area contributed by atoms with Gasteiger partial charge in [-0.25, -0.2) is 0 Å². The van der Waals surface area contributed by atoms with Gasteiger partial charge in [-0.2, -0.15) is 0 Å². The maximum atomic E-state index is 13.2. The number of nitrogens with one attached hydrogen (secondary N) is 1. The average molecular weight is 830 g/mol. The second-order valence-corrected chi connectivity index (χ2v) is 15.5. The molecule has 0 aliphatic rings. The zero-order valence-corrected chi connectivity index (χ0v) is 38.3. The SMILES string of the molecule is CC/C=C\C/C=C\C/C=C\C/C=C\C/C=C\CCCC(CC(=O)NC(CO)C(O)CCCCCCCCCCCCC)OC(=O)CCC/C=C/C=C\C=C/C=C/C=C/CC. The van der Waals surface area contributed by atoms with Crippen molar-refractivity contribution in [2.24, 2.45) is 0 Å². The number of unbranched alkanes of at least 4 members (excludes halogenated alkanes) is 12. The van der Waals surface area contributed by atoms with Crippen LogP contribution in [0.1, 0.15) is 181 Å². The molecule has 0 aromatic rings. The predicted octanol–water partition coefficient (Wildman–Crippen LogP) is 14.1. The lowest BCUT2D eigenvalue weighted by Crippen LogP contribution is -2.46. The van der Waals surface area contributed by atoms with Gasteiger partial charge in [-0.3, -0.25) is 9.59 Å². The van der Waals surface area contributed by atoms with Crippen LogP contribution < -0.4 is 5.32 Å². The van der Waals surface area contributed by atoms with E-state index in [1.807, 2.05) is 54.7 Å². The third-order valence-electron chi connectivity index (χ3n) is 9.91. The second-order valence-electron chi connectivity index (χ2n) is 15.5. The summed E-state index contributed by atoms with van der Waals surface area (Å²) in [7, 11) is 0. The summed E-state index contributed by atoms with van der Waals surface area (Å²) in [6.07, 6.45) is 64.0. The van der Waals surface area contributed by atoms with E-state index in [2.05, 4.69) is 92.9 Å². The molecule has 60 heavy (non-hydrogen) atoms. The Bertz CT molecular complexity index is 1300. The van der Waals surface area contributed by atoms with Crippen LogP contribution in [0.25, 0.3) is 0 Å². The molecule has 338 valence electrons. The first kappa shape index (κ1) is 56.3. The molecule has 0 saturated heterocycles. The highest BCUT2D eigenvalue weighted by Gasteiger charge is 2.23. The summed E-state index contributed by atoms with van der Waals surface area (Å²) >= 11 is 0. The summed E-state index contributed by atoms with van der Waals surface area (Å²) in [5.41, 5.74) is 0. The Morgan fingerprint density at radius 2 is 0.983 bits per heavy atom. The largest absolute Gasteiger partial charge is 0.462 e. The fourth-order valence-electron chi connectivity index (χ4n) is 6.37. The number of hydrogen-bond donors (Lipinski definition) is 3. The van der Waals surface area contributed by atoms with Gasteiger partial charge in [0, 0.05) is 6.42 Å². The molecule has 0 aliphatic carbocycles. The highest BCUT2D eigenvalue weighted by atomic mass is 16.5. The van der Waals surface area contributed by atoms with E-state index in [-0.39, 0.29) is 31.3 Å². The monoisotopic (exact) mass is 830 g/mol. The number of carbonyl (C=O) groups is 2. The van der Waals surface area contributed by atoms with Gasteiger partial charge in [0.1, 0.15) is 6.10 Å². The molecule has 3 unspecified atom stereocenters. The Labute approximate surface area is 368 Å². The van der Waals surface area contributed by atoms with Crippen molar-refractivity contribution >= 4 is 11.9 Å². The molecule has 0 heterocycles. The maximum Gasteiger partial charge on any atom is 0.306 e. The smallest absolute Gasteiger partial charge is 0.306 e. The number of aliphatic hydroxyl groups excluding tert-OH is 2. The average Bonchev–Trinajstić information content (AvgIpc) is 3.24. The topological polar surface area (TPSA) is 95.9 Å². The van der Waals surface area contributed by atoms with Crippen LogP contribution in [0.4, 0.5) is 0 Å². The van der Waals surface area contributed by atoms with Crippen LogP contribution in [0, 0.1) is 0 Å². The molecule has 3 atom stereocenters. The molecular weight excluding hydrogens is 743 g/mol. The van der Waals surface area contributed by atoms with Gasteiger partial charge in [0.15, 0.2) is 0 Å². The van der Waals surface area contributed by atoms with Crippen LogP contribution in [-0.2, 0) is 14.3 Å². The second kappa shape index (κ2) is 46.3. The first-order chi connectivity index (χ1) is 29.5. The Morgan fingerprint density at radius 1 is 0.517 bits per heavy atom. The van der Waals surface area contributed by atoms with E-state index < -0.39 is 18.2 Å². The number of allylic oxidation sites excluding steroid dienone is 20. The number of carbonyl (C=O) groups excluding carboxylic acids is 2. The minimum Gasteiger partial charge on any atom is -0.462 e. The van der Waals surface area contributed by atoms with Crippen LogP contribution in [0.5, 0.6) is 0 Å². The summed E-state index contributed by atoms with van der Waals surface area (Å²) in [5, 5.41) is 23.6. The van der Waals surface area contributed by atoms with Gasteiger partial charge in [0.2, 0.25) is 5.91 Å². The van der Waals surface area contributed by atoms with Crippen LogP contribution in [0.3, 0.4) is 0 Å². The molecular formula is C54H87NO5. The zero-order chi connectivity index (χ0) is 43.8. The van der Waals surface area contributed by atoms with Crippen LogP contribution >= 0.6 is 0 Å².